The molecule has 3 aromatic rings. The molecule has 0 atom stereocenters. The molecule has 2 aromatic heterocycles. The van der Waals surface area contributed by atoms with E-state index >= 15 is 0 Å². The number of thioether (sulfide) groups is 1. The largest absolute Gasteiger partial charge is 0.494 e. The number of ether oxygens (including phenoxy) is 2. The number of fused-ring (bicyclic) bond motifs is 1. The monoisotopic (exact) mass is 376 g/mol. The minimum Gasteiger partial charge on any atom is -0.494 e. The number of benzene rings is 1. The summed E-state index contributed by atoms with van der Waals surface area (Å²) < 4.78 is 12.9. The average Bonchev–Trinajstić information content (AvgIpc) is 3.10. The van der Waals surface area contributed by atoms with Crippen LogP contribution in [0.25, 0.3) is 10.2 Å². The molecule has 7 heteroatoms. The van der Waals surface area contributed by atoms with Crippen molar-refractivity contribution in [3.05, 3.63) is 46.1 Å². The third-order valence-corrected chi connectivity index (χ3v) is 5.34. The van der Waals surface area contributed by atoms with Crippen LogP contribution in [0.2, 0.25) is 0 Å². The van der Waals surface area contributed by atoms with Crippen molar-refractivity contribution < 1.29 is 9.47 Å². The summed E-state index contributed by atoms with van der Waals surface area (Å²) >= 11 is 3.01. The standard InChI is InChI=1S/C18H20N2O3S2/c1-3-9-22-13-4-6-14(7-5-13)23-10-12-25-18-19-16-15(8-11-24-16)17(21)20(18)2/h4-8,11H,3,9-10,12H2,1-2H3. The molecule has 0 spiro atoms. The quantitative estimate of drug-likeness (QED) is 0.338. The van der Waals surface area contributed by atoms with E-state index in [-0.39, 0.29) is 5.56 Å². The molecule has 0 unspecified atom stereocenters. The summed E-state index contributed by atoms with van der Waals surface area (Å²) in [5.41, 5.74) is -0.00247. The maximum Gasteiger partial charge on any atom is 0.262 e. The normalized spacial score (nSPS) is 11.0. The van der Waals surface area contributed by atoms with Gasteiger partial charge >= 0.3 is 0 Å². The highest BCUT2D eigenvalue weighted by atomic mass is 32.2. The highest BCUT2D eigenvalue weighted by Gasteiger charge is 2.09. The zero-order chi connectivity index (χ0) is 17.6. The first kappa shape index (κ1) is 17.8. The molecule has 0 saturated heterocycles. The first-order valence-corrected chi connectivity index (χ1v) is 9.98. The summed E-state index contributed by atoms with van der Waals surface area (Å²) in [6.45, 7) is 3.34. The molecule has 0 radical (unpaired) electrons. The van der Waals surface area contributed by atoms with Gasteiger partial charge in [0.1, 0.15) is 16.3 Å². The Bertz CT molecular complexity index is 887. The van der Waals surface area contributed by atoms with E-state index in [9.17, 15) is 4.79 Å². The fourth-order valence-electron chi connectivity index (χ4n) is 2.25. The Labute approximate surface area is 154 Å². The lowest BCUT2D eigenvalue weighted by Crippen LogP contribution is -2.19. The van der Waals surface area contributed by atoms with Crippen LogP contribution in [0.3, 0.4) is 0 Å². The first-order chi connectivity index (χ1) is 12.2. The Morgan fingerprint density at radius 3 is 2.48 bits per heavy atom. The van der Waals surface area contributed by atoms with Crippen molar-refractivity contribution in [2.24, 2.45) is 7.05 Å². The SMILES string of the molecule is CCCOc1ccc(OCCSc2nc3sccc3c(=O)n2C)cc1. The maximum atomic E-state index is 12.2. The van der Waals surface area contributed by atoms with E-state index in [2.05, 4.69) is 11.9 Å². The fourth-order valence-corrected chi connectivity index (χ4v) is 3.85. The lowest BCUT2D eigenvalue weighted by atomic mass is 10.3. The van der Waals surface area contributed by atoms with Gasteiger partial charge in [-0.25, -0.2) is 4.98 Å². The second kappa shape index (κ2) is 8.40. The van der Waals surface area contributed by atoms with Gasteiger partial charge in [-0.3, -0.25) is 9.36 Å². The molecule has 0 saturated carbocycles. The third kappa shape index (κ3) is 4.35. The van der Waals surface area contributed by atoms with Crippen LogP contribution in [0.1, 0.15) is 13.3 Å². The Morgan fingerprint density at radius 2 is 1.80 bits per heavy atom. The van der Waals surface area contributed by atoms with Gasteiger partial charge in [-0.2, -0.15) is 0 Å². The molecule has 5 nitrogen and oxygen atoms in total. The zero-order valence-electron chi connectivity index (χ0n) is 14.2. The summed E-state index contributed by atoms with van der Waals surface area (Å²) in [5.74, 6) is 2.37. The van der Waals surface area contributed by atoms with Crippen molar-refractivity contribution in [1.82, 2.24) is 9.55 Å². The molecule has 0 aliphatic carbocycles. The van der Waals surface area contributed by atoms with E-state index in [1.54, 1.807) is 11.6 Å². The van der Waals surface area contributed by atoms with Crippen molar-refractivity contribution in [1.29, 1.82) is 0 Å². The Morgan fingerprint density at radius 1 is 1.12 bits per heavy atom. The molecule has 0 N–H and O–H groups in total. The smallest absolute Gasteiger partial charge is 0.262 e. The molecule has 0 fully saturated rings. The molecule has 1 aromatic carbocycles. The number of thiophene rings is 1. The van der Waals surface area contributed by atoms with Crippen LogP contribution >= 0.6 is 23.1 Å². The predicted octanol–water partition coefficient (Wildman–Crippen LogP) is 3.95. The van der Waals surface area contributed by atoms with E-state index in [0.717, 1.165) is 29.4 Å². The minimum absolute atomic E-state index is 0.00247. The van der Waals surface area contributed by atoms with Crippen molar-refractivity contribution >= 4 is 33.3 Å². The van der Waals surface area contributed by atoms with Crippen LogP contribution in [0.4, 0.5) is 0 Å². The van der Waals surface area contributed by atoms with Crippen LogP contribution in [-0.2, 0) is 7.05 Å². The first-order valence-electron chi connectivity index (χ1n) is 8.11. The van der Waals surface area contributed by atoms with Gasteiger partial charge in [0.25, 0.3) is 5.56 Å². The van der Waals surface area contributed by atoms with Crippen molar-refractivity contribution in [3.8, 4) is 11.5 Å². The Kier molecular flexibility index (Phi) is 5.99. The number of nitrogens with zero attached hydrogens (tertiary/aromatic N) is 2. The van der Waals surface area contributed by atoms with Crippen LogP contribution in [0, 0.1) is 0 Å². The summed E-state index contributed by atoms with van der Waals surface area (Å²) in [6.07, 6.45) is 0.989. The molecule has 2 heterocycles. The van der Waals surface area contributed by atoms with Gasteiger partial charge in [0.2, 0.25) is 0 Å². The van der Waals surface area contributed by atoms with Crippen LogP contribution < -0.4 is 15.0 Å². The van der Waals surface area contributed by atoms with Gasteiger partial charge in [0.05, 0.1) is 18.6 Å². The number of rotatable bonds is 8. The molecule has 0 amide bonds. The van der Waals surface area contributed by atoms with Crippen LogP contribution in [0.15, 0.2) is 45.7 Å². The molecule has 0 bridgehead atoms. The van der Waals surface area contributed by atoms with E-state index in [1.165, 1.54) is 23.1 Å². The van der Waals surface area contributed by atoms with Gasteiger partial charge in [0, 0.05) is 12.8 Å². The van der Waals surface area contributed by atoms with Gasteiger partial charge in [0.15, 0.2) is 5.16 Å². The summed E-state index contributed by atoms with van der Waals surface area (Å²) in [4.78, 5) is 17.6. The second-order valence-corrected chi connectivity index (χ2v) is 7.37. The summed E-state index contributed by atoms with van der Waals surface area (Å²) in [7, 11) is 1.75. The van der Waals surface area contributed by atoms with Crippen LogP contribution in [-0.4, -0.2) is 28.5 Å². The van der Waals surface area contributed by atoms with Crippen molar-refractivity contribution in [3.63, 3.8) is 0 Å². The molecule has 3 rings (SSSR count). The van der Waals surface area contributed by atoms with E-state index in [1.807, 2.05) is 35.7 Å². The summed E-state index contributed by atoms with van der Waals surface area (Å²) in [6, 6.07) is 9.45. The molecule has 25 heavy (non-hydrogen) atoms. The van der Waals surface area contributed by atoms with Crippen LogP contribution in [0.5, 0.6) is 11.5 Å². The van der Waals surface area contributed by atoms with Gasteiger partial charge in [-0.05, 0) is 42.1 Å². The Balaban J connectivity index is 1.53. The third-order valence-electron chi connectivity index (χ3n) is 3.54. The van der Waals surface area contributed by atoms with Gasteiger partial charge in [-0.1, -0.05) is 18.7 Å². The summed E-state index contributed by atoms with van der Waals surface area (Å²) in [5, 5.41) is 3.29. The van der Waals surface area contributed by atoms with E-state index in [4.69, 9.17) is 9.47 Å². The average molecular weight is 377 g/mol. The second-order valence-electron chi connectivity index (χ2n) is 5.41. The molecular formula is C18H20N2O3S2. The highest BCUT2D eigenvalue weighted by Crippen LogP contribution is 2.21. The topological polar surface area (TPSA) is 53.4 Å². The van der Waals surface area contributed by atoms with Gasteiger partial charge in [-0.15, -0.1) is 11.3 Å². The molecule has 132 valence electrons. The van der Waals surface area contributed by atoms with Gasteiger partial charge < -0.3 is 9.47 Å². The van der Waals surface area contributed by atoms with E-state index in [0.29, 0.717) is 22.9 Å². The minimum atomic E-state index is -0.00247. The predicted molar refractivity (Wildman–Crippen MR) is 103 cm³/mol. The number of aromatic nitrogens is 2. The molecular weight excluding hydrogens is 356 g/mol. The number of hydrogen-bond acceptors (Lipinski definition) is 6. The zero-order valence-corrected chi connectivity index (χ0v) is 15.9. The lowest BCUT2D eigenvalue weighted by Gasteiger charge is -2.09. The highest BCUT2D eigenvalue weighted by molar-refractivity contribution is 7.99. The Hall–Kier alpha value is -1.99. The van der Waals surface area contributed by atoms with Crippen molar-refractivity contribution in [2.75, 3.05) is 19.0 Å². The lowest BCUT2D eigenvalue weighted by molar-refractivity contribution is 0.314. The maximum absolute atomic E-state index is 12.2. The fraction of sp³-hybridized carbons (Fsp3) is 0.333. The molecule has 0 aliphatic rings. The number of hydrogen-bond donors (Lipinski definition) is 0. The van der Waals surface area contributed by atoms with E-state index < -0.39 is 0 Å². The van der Waals surface area contributed by atoms with Crippen molar-refractivity contribution in [2.45, 2.75) is 18.5 Å². The molecule has 0 aliphatic heterocycles.